The SMILES string of the molecule is CCN(Cc1cccs1)C1(CN)CCCC(CC(C)C)C1. The maximum absolute atomic E-state index is 6.30. The van der Waals surface area contributed by atoms with Gasteiger partial charge in [-0.2, -0.15) is 0 Å². The zero-order valence-corrected chi connectivity index (χ0v) is 14.8. The van der Waals surface area contributed by atoms with Crippen molar-refractivity contribution in [1.82, 2.24) is 4.90 Å². The van der Waals surface area contributed by atoms with Crippen LogP contribution in [0.1, 0.15) is 57.8 Å². The summed E-state index contributed by atoms with van der Waals surface area (Å²) < 4.78 is 0. The summed E-state index contributed by atoms with van der Waals surface area (Å²) in [5, 5.41) is 2.18. The van der Waals surface area contributed by atoms with Crippen LogP contribution in [0.2, 0.25) is 0 Å². The van der Waals surface area contributed by atoms with E-state index in [4.69, 9.17) is 5.73 Å². The molecular formula is C18H32N2S. The van der Waals surface area contributed by atoms with E-state index in [0.717, 1.165) is 31.5 Å². The first kappa shape index (κ1) is 17.0. The van der Waals surface area contributed by atoms with Gasteiger partial charge in [-0.05, 0) is 49.1 Å². The molecule has 0 amide bonds. The van der Waals surface area contributed by atoms with Gasteiger partial charge in [0.1, 0.15) is 0 Å². The maximum atomic E-state index is 6.30. The van der Waals surface area contributed by atoms with Crippen molar-refractivity contribution in [2.45, 2.75) is 65.0 Å². The van der Waals surface area contributed by atoms with Gasteiger partial charge in [-0.15, -0.1) is 11.3 Å². The molecule has 1 aromatic heterocycles. The fourth-order valence-corrected chi connectivity index (χ4v) is 4.86. The predicted octanol–water partition coefficient (Wildman–Crippen LogP) is 4.50. The molecule has 1 aliphatic rings. The molecule has 2 atom stereocenters. The molecule has 2 unspecified atom stereocenters. The molecule has 1 aromatic rings. The lowest BCUT2D eigenvalue weighted by Gasteiger charge is -2.48. The Morgan fingerprint density at radius 3 is 2.86 bits per heavy atom. The average Bonchev–Trinajstić information content (AvgIpc) is 2.97. The summed E-state index contributed by atoms with van der Waals surface area (Å²) in [5.74, 6) is 1.66. The Hall–Kier alpha value is -0.380. The van der Waals surface area contributed by atoms with Gasteiger partial charge in [-0.3, -0.25) is 4.90 Å². The van der Waals surface area contributed by atoms with E-state index in [1.807, 2.05) is 11.3 Å². The highest BCUT2D eigenvalue weighted by Gasteiger charge is 2.39. The molecule has 0 aliphatic heterocycles. The lowest BCUT2D eigenvalue weighted by atomic mass is 9.72. The van der Waals surface area contributed by atoms with Crippen LogP contribution >= 0.6 is 11.3 Å². The summed E-state index contributed by atoms with van der Waals surface area (Å²) in [6.45, 7) is 9.96. The number of thiophene rings is 1. The zero-order valence-electron chi connectivity index (χ0n) is 14.0. The molecule has 0 saturated heterocycles. The minimum absolute atomic E-state index is 0.233. The number of nitrogens with zero attached hydrogens (tertiary/aromatic N) is 1. The van der Waals surface area contributed by atoms with Crippen molar-refractivity contribution in [2.75, 3.05) is 13.1 Å². The Balaban J connectivity index is 2.09. The molecule has 0 radical (unpaired) electrons. The second kappa shape index (κ2) is 7.75. The van der Waals surface area contributed by atoms with Crippen LogP contribution in [0.5, 0.6) is 0 Å². The highest BCUT2D eigenvalue weighted by molar-refractivity contribution is 7.09. The number of likely N-dealkylation sites (N-methyl/N-ethyl adjacent to an activating group) is 1. The van der Waals surface area contributed by atoms with Crippen LogP contribution in [0.3, 0.4) is 0 Å². The Morgan fingerprint density at radius 1 is 1.48 bits per heavy atom. The molecule has 1 heterocycles. The highest BCUT2D eigenvalue weighted by atomic mass is 32.1. The first-order valence-corrected chi connectivity index (χ1v) is 9.45. The summed E-state index contributed by atoms with van der Waals surface area (Å²) in [5.41, 5.74) is 6.53. The minimum Gasteiger partial charge on any atom is -0.329 e. The standard InChI is InChI=1S/C18H32N2S/c1-4-20(13-17-8-6-10-21-17)18(14-19)9-5-7-16(12-18)11-15(2)3/h6,8,10,15-16H,4-5,7,9,11-14,19H2,1-3H3. The molecule has 2 rings (SSSR count). The van der Waals surface area contributed by atoms with E-state index in [9.17, 15) is 0 Å². The number of hydrogen-bond donors (Lipinski definition) is 1. The molecular weight excluding hydrogens is 276 g/mol. The maximum Gasteiger partial charge on any atom is 0.0338 e. The normalized spacial score (nSPS) is 26.7. The van der Waals surface area contributed by atoms with Gasteiger partial charge >= 0.3 is 0 Å². The molecule has 0 aromatic carbocycles. The Bertz CT molecular complexity index is 401. The average molecular weight is 309 g/mol. The van der Waals surface area contributed by atoms with Crippen LogP contribution in [0, 0.1) is 11.8 Å². The van der Waals surface area contributed by atoms with Gasteiger partial charge < -0.3 is 5.73 Å². The fraction of sp³-hybridized carbons (Fsp3) is 0.778. The third-order valence-corrected chi connectivity index (χ3v) is 5.95. The summed E-state index contributed by atoms with van der Waals surface area (Å²) in [6, 6.07) is 4.41. The molecule has 21 heavy (non-hydrogen) atoms. The molecule has 120 valence electrons. The first-order valence-electron chi connectivity index (χ1n) is 8.57. The van der Waals surface area contributed by atoms with Crippen LogP contribution in [0.25, 0.3) is 0 Å². The first-order chi connectivity index (χ1) is 10.1. The molecule has 3 heteroatoms. The van der Waals surface area contributed by atoms with E-state index >= 15 is 0 Å². The van der Waals surface area contributed by atoms with Gasteiger partial charge in [0.2, 0.25) is 0 Å². The molecule has 2 nitrogen and oxygen atoms in total. The molecule has 1 aliphatic carbocycles. The number of nitrogens with two attached hydrogens (primary N) is 1. The van der Waals surface area contributed by atoms with E-state index in [2.05, 4.69) is 43.2 Å². The van der Waals surface area contributed by atoms with E-state index < -0.39 is 0 Å². The lowest BCUT2D eigenvalue weighted by molar-refractivity contribution is 0.0296. The quantitative estimate of drug-likeness (QED) is 0.803. The van der Waals surface area contributed by atoms with Crippen molar-refractivity contribution in [2.24, 2.45) is 17.6 Å². The Kier molecular flexibility index (Phi) is 6.27. The van der Waals surface area contributed by atoms with Crippen LogP contribution in [-0.2, 0) is 6.54 Å². The van der Waals surface area contributed by atoms with E-state index in [1.165, 1.54) is 37.0 Å². The van der Waals surface area contributed by atoms with Crippen LogP contribution in [0.4, 0.5) is 0 Å². The van der Waals surface area contributed by atoms with Gasteiger partial charge in [0.15, 0.2) is 0 Å². The van der Waals surface area contributed by atoms with Gasteiger partial charge in [0, 0.05) is 23.5 Å². The van der Waals surface area contributed by atoms with E-state index in [1.54, 1.807) is 0 Å². The number of rotatable bonds is 7. The third-order valence-electron chi connectivity index (χ3n) is 5.09. The molecule has 0 bridgehead atoms. The molecule has 1 fully saturated rings. The van der Waals surface area contributed by atoms with Gasteiger partial charge in [-0.25, -0.2) is 0 Å². The second-order valence-corrected chi connectivity index (χ2v) is 8.15. The summed E-state index contributed by atoms with van der Waals surface area (Å²) >= 11 is 1.87. The second-order valence-electron chi connectivity index (χ2n) is 7.11. The third kappa shape index (κ3) is 4.30. The smallest absolute Gasteiger partial charge is 0.0338 e. The topological polar surface area (TPSA) is 29.3 Å². The fourth-order valence-electron chi connectivity index (χ4n) is 4.14. The largest absolute Gasteiger partial charge is 0.329 e. The van der Waals surface area contributed by atoms with Crippen LogP contribution in [-0.4, -0.2) is 23.5 Å². The molecule has 0 spiro atoms. The van der Waals surface area contributed by atoms with Crippen molar-refractivity contribution < 1.29 is 0 Å². The van der Waals surface area contributed by atoms with E-state index in [-0.39, 0.29) is 5.54 Å². The van der Waals surface area contributed by atoms with Gasteiger partial charge in [-0.1, -0.05) is 39.7 Å². The van der Waals surface area contributed by atoms with Crippen molar-refractivity contribution in [3.8, 4) is 0 Å². The van der Waals surface area contributed by atoms with Crippen molar-refractivity contribution in [3.05, 3.63) is 22.4 Å². The Morgan fingerprint density at radius 2 is 2.29 bits per heavy atom. The number of hydrogen-bond acceptors (Lipinski definition) is 3. The van der Waals surface area contributed by atoms with Gasteiger partial charge in [0.25, 0.3) is 0 Å². The molecule has 1 saturated carbocycles. The summed E-state index contributed by atoms with van der Waals surface area (Å²) in [7, 11) is 0. The van der Waals surface area contributed by atoms with E-state index in [0.29, 0.717) is 0 Å². The highest BCUT2D eigenvalue weighted by Crippen LogP contribution is 2.39. The van der Waals surface area contributed by atoms with Crippen molar-refractivity contribution >= 4 is 11.3 Å². The predicted molar refractivity (Wildman–Crippen MR) is 93.6 cm³/mol. The Labute approximate surface area is 134 Å². The zero-order chi connectivity index (χ0) is 15.3. The molecule has 2 N–H and O–H groups in total. The van der Waals surface area contributed by atoms with Crippen molar-refractivity contribution in [1.29, 1.82) is 0 Å². The summed E-state index contributed by atoms with van der Waals surface area (Å²) in [4.78, 5) is 4.13. The lowest BCUT2D eigenvalue weighted by Crippen LogP contribution is -2.56. The van der Waals surface area contributed by atoms with Crippen LogP contribution < -0.4 is 5.73 Å². The van der Waals surface area contributed by atoms with Crippen molar-refractivity contribution in [3.63, 3.8) is 0 Å². The summed E-state index contributed by atoms with van der Waals surface area (Å²) in [6.07, 6.45) is 6.67. The monoisotopic (exact) mass is 308 g/mol. The van der Waals surface area contributed by atoms with Gasteiger partial charge in [0.05, 0.1) is 0 Å². The van der Waals surface area contributed by atoms with Crippen LogP contribution in [0.15, 0.2) is 17.5 Å². The minimum atomic E-state index is 0.233.